The number of hydrogen-bond donors (Lipinski definition) is 1. The van der Waals surface area contributed by atoms with E-state index in [1.165, 1.54) is 0 Å². The zero-order valence-corrected chi connectivity index (χ0v) is 7.46. The number of pyridine rings is 1. The van der Waals surface area contributed by atoms with Crippen LogP contribution in [0.4, 0.5) is 8.78 Å². The van der Waals surface area contributed by atoms with Gasteiger partial charge in [-0.2, -0.15) is 0 Å². The monoisotopic (exact) mass is 200 g/mol. The van der Waals surface area contributed by atoms with Gasteiger partial charge in [0.05, 0.1) is 31.6 Å². The molecular weight excluding hydrogens is 190 g/mol. The zero-order valence-electron chi connectivity index (χ0n) is 7.46. The standard InChI is InChI=1S/C9H10F2N2O/c10-6-3-12-4-7(11)9(6)8-5-14-2-1-13-8/h3-4,8,13H,1-2,5H2/t8-/m0/s1. The van der Waals surface area contributed by atoms with Crippen molar-refractivity contribution in [2.24, 2.45) is 0 Å². The summed E-state index contributed by atoms with van der Waals surface area (Å²) >= 11 is 0. The molecule has 76 valence electrons. The highest BCUT2D eigenvalue weighted by molar-refractivity contribution is 5.20. The van der Waals surface area contributed by atoms with Crippen LogP contribution >= 0.6 is 0 Å². The van der Waals surface area contributed by atoms with Crippen LogP contribution in [0.5, 0.6) is 0 Å². The topological polar surface area (TPSA) is 34.1 Å². The summed E-state index contributed by atoms with van der Waals surface area (Å²) in [6.45, 7) is 1.47. The van der Waals surface area contributed by atoms with Crippen LogP contribution in [0.3, 0.4) is 0 Å². The van der Waals surface area contributed by atoms with Crippen LogP contribution in [0.1, 0.15) is 11.6 Å². The lowest BCUT2D eigenvalue weighted by atomic mass is 10.1. The molecule has 1 fully saturated rings. The fraction of sp³-hybridized carbons (Fsp3) is 0.444. The predicted octanol–water partition coefficient (Wildman–Crippen LogP) is 1.02. The van der Waals surface area contributed by atoms with Crippen molar-refractivity contribution in [3.63, 3.8) is 0 Å². The summed E-state index contributed by atoms with van der Waals surface area (Å²) in [5, 5.41) is 2.98. The van der Waals surface area contributed by atoms with Crippen molar-refractivity contribution in [2.75, 3.05) is 19.8 Å². The Morgan fingerprint density at radius 3 is 2.64 bits per heavy atom. The molecule has 1 atom stereocenters. The number of halogens is 2. The molecule has 0 amide bonds. The second-order valence-corrected chi connectivity index (χ2v) is 3.10. The number of ether oxygens (including phenoxy) is 1. The summed E-state index contributed by atoms with van der Waals surface area (Å²) in [6, 6.07) is -0.410. The Labute approximate surface area is 80.1 Å². The van der Waals surface area contributed by atoms with Gasteiger partial charge in [-0.1, -0.05) is 0 Å². The van der Waals surface area contributed by atoms with Gasteiger partial charge in [-0.25, -0.2) is 8.78 Å². The Morgan fingerprint density at radius 1 is 1.36 bits per heavy atom. The lowest BCUT2D eigenvalue weighted by Crippen LogP contribution is -2.35. The molecular formula is C9H10F2N2O. The molecule has 0 aliphatic carbocycles. The SMILES string of the molecule is Fc1cncc(F)c1[C@@H]1COCCN1. The molecule has 1 aromatic rings. The van der Waals surface area contributed by atoms with E-state index in [9.17, 15) is 8.78 Å². The van der Waals surface area contributed by atoms with E-state index in [1.807, 2.05) is 0 Å². The van der Waals surface area contributed by atoms with Crippen LogP contribution in [0, 0.1) is 11.6 Å². The van der Waals surface area contributed by atoms with Gasteiger partial charge in [-0.3, -0.25) is 4.98 Å². The van der Waals surface area contributed by atoms with Crippen LogP contribution in [0.15, 0.2) is 12.4 Å². The van der Waals surface area contributed by atoms with Crippen LogP contribution in [-0.2, 0) is 4.74 Å². The molecule has 0 aromatic carbocycles. The largest absolute Gasteiger partial charge is 0.378 e. The first-order valence-corrected chi connectivity index (χ1v) is 4.39. The highest BCUT2D eigenvalue weighted by Crippen LogP contribution is 2.21. The molecule has 1 aliphatic heterocycles. The first kappa shape index (κ1) is 9.48. The van der Waals surface area contributed by atoms with Crippen molar-refractivity contribution in [2.45, 2.75) is 6.04 Å². The summed E-state index contributed by atoms with van der Waals surface area (Å²) in [5.41, 5.74) is 0.0136. The molecule has 0 bridgehead atoms. The fourth-order valence-corrected chi connectivity index (χ4v) is 1.51. The zero-order chi connectivity index (χ0) is 9.97. The molecule has 0 radical (unpaired) electrons. The van der Waals surface area contributed by atoms with Crippen LogP contribution in [0.25, 0.3) is 0 Å². The highest BCUT2D eigenvalue weighted by atomic mass is 19.1. The van der Waals surface area contributed by atoms with Gasteiger partial charge in [0.25, 0.3) is 0 Å². The summed E-state index contributed by atoms with van der Waals surface area (Å²) in [6.07, 6.45) is 2.02. The van der Waals surface area contributed by atoms with E-state index in [2.05, 4.69) is 10.3 Å². The lowest BCUT2D eigenvalue weighted by molar-refractivity contribution is 0.0744. The van der Waals surface area contributed by atoms with E-state index >= 15 is 0 Å². The van der Waals surface area contributed by atoms with Crippen molar-refractivity contribution >= 4 is 0 Å². The van der Waals surface area contributed by atoms with E-state index in [0.29, 0.717) is 13.2 Å². The highest BCUT2D eigenvalue weighted by Gasteiger charge is 2.22. The third kappa shape index (κ3) is 1.73. The van der Waals surface area contributed by atoms with Gasteiger partial charge >= 0.3 is 0 Å². The molecule has 0 spiro atoms. The number of morpholine rings is 1. The van der Waals surface area contributed by atoms with Crippen molar-refractivity contribution in [3.05, 3.63) is 29.6 Å². The third-order valence-corrected chi connectivity index (χ3v) is 2.16. The van der Waals surface area contributed by atoms with Gasteiger partial charge in [-0.05, 0) is 0 Å². The van der Waals surface area contributed by atoms with E-state index in [4.69, 9.17) is 4.74 Å². The Morgan fingerprint density at radius 2 is 2.07 bits per heavy atom. The van der Waals surface area contributed by atoms with Gasteiger partial charge < -0.3 is 10.1 Å². The lowest BCUT2D eigenvalue weighted by Gasteiger charge is -2.24. The minimum atomic E-state index is -0.631. The average molecular weight is 200 g/mol. The average Bonchev–Trinajstić information content (AvgIpc) is 2.19. The Hall–Kier alpha value is -1.07. The van der Waals surface area contributed by atoms with Gasteiger partial charge in [0.15, 0.2) is 0 Å². The van der Waals surface area contributed by atoms with Crippen molar-refractivity contribution in [1.29, 1.82) is 0 Å². The molecule has 1 aromatic heterocycles. The van der Waals surface area contributed by atoms with Crippen molar-refractivity contribution in [3.8, 4) is 0 Å². The molecule has 0 saturated carbocycles. The molecule has 3 nitrogen and oxygen atoms in total. The summed E-state index contributed by atoms with van der Waals surface area (Å²) in [4.78, 5) is 3.42. The normalized spacial score (nSPS) is 22.3. The first-order valence-electron chi connectivity index (χ1n) is 4.39. The maximum Gasteiger partial charge on any atom is 0.149 e. The molecule has 5 heteroatoms. The quantitative estimate of drug-likeness (QED) is 0.735. The van der Waals surface area contributed by atoms with Crippen LogP contribution in [-0.4, -0.2) is 24.7 Å². The predicted molar refractivity (Wildman–Crippen MR) is 45.7 cm³/mol. The van der Waals surface area contributed by atoms with Crippen LogP contribution < -0.4 is 5.32 Å². The number of hydrogen-bond acceptors (Lipinski definition) is 3. The van der Waals surface area contributed by atoms with E-state index in [-0.39, 0.29) is 12.2 Å². The molecule has 0 unspecified atom stereocenters. The van der Waals surface area contributed by atoms with Gasteiger partial charge in [0, 0.05) is 12.1 Å². The summed E-state index contributed by atoms with van der Waals surface area (Å²) < 4.78 is 31.6. The van der Waals surface area contributed by atoms with Gasteiger partial charge in [0.2, 0.25) is 0 Å². The minimum absolute atomic E-state index is 0.0136. The smallest absolute Gasteiger partial charge is 0.149 e. The van der Waals surface area contributed by atoms with E-state index in [0.717, 1.165) is 12.4 Å². The molecule has 1 aliphatic rings. The Kier molecular flexibility index (Phi) is 2.69. The second-order valence-electron chi connectivity index (χ2n) is 3.10. The summed E-state index contributed by atoms with van der Waals surface area (Å²) in [5.74, 6) is -1.26. The molecule has 2 rings (SSSR count). The van der Waals surface area contributed by atoms with Gasteiger partial charge in [0.1, 0.15) is 11.6 Å². The van der Waals surface area contributed by atoms with Gasteiger partial charge in [-0.15, -0.1) is 0 Å². The van der Waals surface area contributed by atoms with Crippen molar-refractivity contribution < 1.29 is 13.5 Å². The fourth-order valence-electron chi connectivity index (χ4n) is 1.51. The first-order chi connectivity index (χ1) is 6.79. The number of nitrogens with one attached hydrogen (secondary N) is 1. The second kappa shape index (κ2) is 3.98. The Bertz CT molecular complexity index is 306. The molecule has 2 heterocycles. The maximum atomic E-state index is 13.2. The minimum Gasteiger partial charge on any atom is -0.378 e. The maximum absolute atomic E-state index is 13.2. The van der Waals surface area contributed by atoms with E-state index in [1.54, 1.807) is 0 Å². The number of aromatic nitrogens is 1. The van der Waals surface area contributed by atoms with E-state index < -0.39 is 17.7 Å². The Balaban J connectivity index is 2.29. The number of nitrogens with zero attached hydrogens (tertiary/aromatic N) is 1. The van der Waals surface area contributed by atoms with Crippen LogP contribution in [0.2, 0.25) is 0 Å². The summed E-state index contributed by atoms with van der Waals surface area (Å²) in [7, 11) is 0. The molecule has 1 N–H and O–H groups in total. The molecule has 14 heavy (non-hydrogen) atoms. The third-order valence-electron chi connectivity index (χ3n) is 2.16. The molecule has 1 saturated heterocycles. The number of rotatable bonds is 1. The van der Waals surface area contributed by atoms with Crippen molar-refractivity contribution in [1.82, 2.24) is 10.3 Å².